The first-order valence-corrected chi connectivity index (χ1v) is 9.81. The lowest BCUT2D eigenvalue weighted by atomic mass is 10.1. The van der Waals surface area contributed by atoms with E-state index in [0.29, 0.717) is 19.6 Å². The molecular weight excluding hydrogens is 367 g/mol. The van der Waals surface area contributed by atoms with E-state index >= 15 is 0 Å². The Bertz CT molecular complexity index is 783. The fourth-order valence-corrected chi connectivity index (χ4v) is 3.68. The van der Waals surface area contributed by atoms with Gasteiger partial charge in [-0.15, -0.1) is 0 Å². The summed E-state index contributed by atoms with van der Waals surface area (Å²) in [6.45, 7) is 4.13. The maximum Gasteiger partial charge on any atom is 0.401 e. The summed E-state index contributed by atoms with van der Waals surface area (Å²) in [7, 11) is 0. The summed E-state index contributed by atoms with van der Waals surface area (Å²) in [5.74, 6) is 0.892. The molecule has 1 saturated heterocycles. The number of rotatable bonds is 7. The third kappa shape index (κ3) is 5.89. The molecule has 1 unspecified atom stereocenters. The smallest absolute Gasteiger partial charge is 0.361 e. The van der Waals surface area contributed by atoms with Crippen LogP contribution in [0.2, 0.25) is 0 Å². The van der Waals surface area contributed by atoms with Crippen molar-refractivity contribution in [2.45, 2.75) is 25.9 Å². The van der Waals surface area contributed by atoms with Gasteiger partial charge in [0.25, 0.3) is 0 Å². The van der Waals surface area contributed by atoms with Gasteiger partial charge in [-0.05, 0) is 43.9 Å². The van der Waals surface area contributed by atoms with Crippen molar-refractivity contribution < 1.29 is 13.2 Å². The van der Waals surface area contributed by atoms with Gasteiger partial charge in [-0.1, -0.05) is 18.2 Å². The third-order valence-electron chi connectivity index (χ3n) is 4.99. The Morgan fingerprint density at radius 2 is 2.11 bits per heavy atom. The van der Waals surface area contributed by atoms with Crippen LogP contribution in [-0.2, 0) is 6.42 Å². The Morgan fingerprint density at radius 1 is 1.29 bits per heavy atom. The lowest BCUT2D eigenvalue weighted by molar-refractivity contribution is -0.143. The van der Waals surface area contributed by atoms with Crippen LogP contribution >= 0.6 is 0 Å². The molecule has 1 atom stereocenters. The summed E-state index contributed by atoms with van der Waals surface area (Å²) >= 11 is 0. The molecule has 154 valence electrons. The van der Waals surface area contributed by atoms with Gasteiger partial charge >= 0.3 is 6.18 Å². The number of likely N-dealkylation sites (tertiary alicyclic amines) is 1. The van der Waals surface area contributed by atoms with Crippen LogP contribution in [0.1, 0.15) is 18.9 Å². The molecule has 1 aliphatic rings. The SMILES string of the molecule is CCNC(=NCC1CCN(CC(F)(F)F)C1)NCCc1c[nH]c2ccccc12. The number of fused-ring (bicyclic) bond motifs is 1. The van der Waals surface area contributed by atoms with E-state index in [4.69, 9.17) is 0 Å². The number of aliphatic imine (C=N–C) groups is 1. The molecule has 0 spiro atoms. The second-order valence-corrected chi connectivity index (χ2v) is 7.26. The Kier molecular flexibility index (Phi) is 6.83. The molecule has 1 aliphatic heterocycles. The molecule has 5 nitrogen and oxygen atoms in total. The summed E-state index contributed by atoms with van der Waals surface area (Å²) in [5, 5.41) is 7.76. The lowest BCUT2D eigenvalue weighted by Crippen LogP contribution is -2.38. The minimum Gasteiger partial charge on any atom is -0.361 e. The average molecular weight is 395 g/mol. The largest absolute Gasteiger partial charge is 0.401 e. The fourth-order valence-electron chi connectivity index (χ4n) is 3.68. The molecule has 2 aromatic rings. The van der Waals surface area contributed by atoms with Gasteiger partial charge in [-0.3, -0.25) is 9.89 Å². The monoisotopic (exact) mass is 395 g/mol. The first kappa shape index (κ1) is 20.5. The number of aromatic nitrogens is 1. The van der Waals surface area contributed by atoms with Crippen LogP contribution < -0.4 is 10.6 Å². The number of aromatic amines is 1. The van der Waals surface area contributed by atoms with E-state index in [1.54, 1.807) is 0 Å². The number of hydrogen-bond acceptors (Lipinski definition) is 2. The van der Waals surface area contributed by atoms with E-state index < -0.39 is 12.7 Å². The maximum atomic E-state index is 12.5. The van der Waals surface area contributed by atoms with Crippen LogP contribution in [0.3, 0.4) is 0 Å². The average Bonchev–Trinajstić information content (AvgIpc) is 3.25. The molecule has 1 aromatic heterocycles. The number of benzene rings is 1. The van der Waals surface area contributed by atoms with Crippen molar-refractivity contribution in [1.82, 2.24) is 20.5 Å². The molecule has 0 saturated carbocycles. The number of halogens is 3. The van der Waals surface area contributed by atoms with Crippen molar-refractivity contribution in [1.29, 1.82) is 0 Å². The van der Waals surface area contributed by atoms with Crippen molar-refractivity contribution in [2.24, 2.45) is 10.9 Å². The van der Waals surface area contributed by atoms with E-state index in [1.165, 1.54) is 15.8 Å². The highest BCUT2D eigenvalue weighted by molar-refractivity contribution is 5.83. The minimum absolute atomic E-state index is 0.173. The van der Waals surface area contributed by atoms with Crippen LogP contribution in [-0.4, -0.2) is 61.3 Å². The molecule has 3 rings (SSSR count). The molecule has 0 radical (unpaired) electrons. The van der Waals surface area contributed by atoms with E-state index in [0.717, 1.165) is 37.4 Å². The summed E-state index contributed by atoms with van der Waals surface area (Å²) < 4.78 is 37.5. The van der Waals surface area contributed by atoms with E-state index in [1.807, 2.05) is 25.3 Å². The molecular formula is C20H28F3N5. The molecule has 0 bridgehead atoms. The van der Waals surface area contributed by atoms with Gasteiger partial charge in [0, 0.05) is 43.3 Å². The van der Waals surface area contributed by atoms with Crippen LogP contribution in [0.5, 0.6) is 0 Å². The number of nitrogens with one attached hydrogen (secondary N) is 3. The van der Waals surface area contributed by atoms with Gasteiger partial charge in [-0.2, -0.15) is 13.2 Å². The fraction of sp³-hybridized carbons (Fsp3) is 0.550. The van der Waals surface area contributed by atoms with Gasteiger partial charge in [-0.25, -0.2) is 0 Å². The predicted molar refractivity (Wildman–Crippen MR) is 107 cm³/mol. The normalized spacial score (nSPS) is 18.7. The van der Waals surface area contributed by atoms with Crippen molar-refractivity contribution in [3.8, 4) is 0 Å². The highest BCUT2D eigenvalue weighted by Crippen LogP contribution is 2.23. The number of alkyl halides is 3. The van der Waals surface area contributed by atoms with Gasteiger partial charge in [0.15, 0.2) is 5.96 Å². The minimum atomic E-state index is -4.13. The van der Waals surface area contributed by atoms with E-state index in [-0.39, 0.29) is 5.92 Å². The summed E-state index contributed by atoms with van der Waals surface area (Å²) in [6, 6.07) is 8.20. The molecule has 28 heavy (non-hydrogen) atoms. The highest BCUT2D eigenvalue weighted by Gasteiger charge is 2.34. The van der Waals surface area contributed by atoms with Crippen LogP contribution in [0, 0.1) is 5.92 Å². The molecule has 1 aromatic carbocycles. The van der Waals surface area contributed by atoms with Crippen LogP contribution in [0.15, 0.2) is 35.5 Å². The van der Waals surface area contributed by atoms with Crippen LogP contribution in [0.25, 0.3) is 10.9 Å². The number of H-pyrrole nitrogens is 1. The molecule has 3 N–H and O–H groups in total. The molecule has 0 amide bonds. The predicted octanol–water partition coefficient (Wildman–Crippen LogP) is 3.15. The zero-order chi connectivity index (χ0) is 20.0. The van der Waals surface area contributed by atoms with Gasteiger partial charge in [0.05, 0.1) is 6.54 Å². The third-order valence-corrected chi connectivity index (χ3v) is 4.99. The first-order chi connectivity index (χ1) is 13.4. The van der Waals surface area contributed by atoms with Crippen LogP contribution in [0.4, 0.5) is 13.2 Å². The van der Waals surface area contributed by atoms with Crippen molar-refractivity contribution in [3.05, 3.63) is 36.0 Å². The van der Waals surface area contributed by atoms with Gasteiger partial charge < -0.3 is 15.6 Å². The zero-order valence-electron chi connectivity index (χ0n) is 16.1. The summed E-state index contributed by atoms with van der Waals surface area (Å²) in [5.41, 5.74) is 2.38. The first-order valence-electron chi connectivity index (χ1n) is 9.81. The number of hydrogen-bond donors (Lipinski definition) is 3. The summed E-state index contributed by atoms with van der Waals surface area (Å²) in [6.07, 6.45) is -0.479. The van der Waals surface area contributed by atoms with Gasteiger partial charge in [0.1, 0.15) is 0 Å². The Morgan fingerprint density at radius 3 is 2.89 bits per heavy atom. The maximum absolute atomic E-state index is 12.5. The zero-order valence-corrected chi connectivity index (χ0v) is 16.1. The Hall–Kier alpha value is -2.22. The van der Waals surface area contributed by atoms with E-state index in [2.05, 4.69) is 32.7 Å². The molecule has 0 aliphatic carbocycles. The molecule has 8 heteroatoms. The van der Waals surface area contributed by atoms with Crippen molar-refractivity contribution in [2.75, 3.05) is 39.3 Å². The number of nitrogens with zero attached hydrogens (tertiary/aromatic N) is 2. The standard InChI is InChI=1S/C20H28F3N5/c1-2-24-19(27-11-15-8-10-28(13-15)14-20(21,22)23)25-9-7-16-12-26-18-6-4-3-5-17(16)18/h3-6,12,15,26H,2,7-11,13-14H2,1H3,(H2,24,25,27). The van der Waals surface area contributed by atoms with Crippen molar-refractivity contribution in [3.63, 3.8) is 0 Å². The second-order valence-electron chi connectivity index (χ2n) is 7.26. The lowest BCUT2D eigenvalue weighted by Gasteiger charge is -2.17. The molecule has 2 heterocycles. The summed E-state index contributed by atoms with van der Waals surface area (Å²) in [4.78, 5) is 9.33. The topological polar surface area (TPSA) is 55.5 Å². The number of para-hydroxylation sites is 1. The van der Waals surface area contributed by atoms with E-state index in [9.17, 15) is 13.2 Å². The Balaban J connectivity index is 1.48. The number of guanidine groups is 1. The van der Waals surface area contributed by atoms with Gasteiger partial charge in [0.2, 0.25) is 0 Å². The second kappa shape index (κ2) is 9.32. The Labute approximate surface area is 163 Å². The highest BCUT2D eigenvalue weighted by atomic mass is 19.4. The van der Waals surface area contributed by atoms with Crippen molar-refractivity contribution >= 4 is 16.9 Å². The quantitative estimate of drug-likeness (QED) is 0.499. The molecule has 1 fully saturated rings.